The molecule has 0 saturated carbocycles. The van der Waals surface area contributed by atoms with Crippen LogP contribution in [-0.2, 0) is 26.3 Å². The fourth-order valence-electron chi connectivity index (χ4n) is 5.12. The molecule has 1 aromatic rings. The first-order chi connectivity index (χ1) is 12.5. The molecule has 0 aliphatic carbocycles. The van der Waals surface area contributed by atoms with Crippen LogP contribution in [0.5, 0.6) is 0 Å². The highest BCUT2D eigenvalue weighted by molar-refractivity contribution is 6.14. The zero-order valence-corrected chi connectivity index (χ0v) is 15.5. The maximum atomic E-state index is 13.2. The van der Waals surface area contributed by atoms with Crippen molar-refractivity contribution in [2.75, 3.05) is 11.9 Å². The van der Waals surface area contributed by atoms with E-state index in [0.29, 0.717) is 6.54 Å². The number of hydrogen-bond acceptors (Lipinski definition) is 3. The van der Waals surface area contributed by atoms with E-state index in [9.17, 15) is 14.4 Å². The highest BCUT2D eigenvalue weighted by atomic mass is 16.2. The van der Waals surface area contributed by atoms with Crippen molar-refractivity contribution < 1.29 is 19.7 Å². The normalized spacial score (nSPS) is 32.3. The van der Waals surface area contributed by atoms with Gasteiger partial charge in [0.05, 0.1) is 11.7 Å². The van der Waals surface area contributed by atoms with Gasteiger partial charge in [0, 0.05) is 12.1 Å². The van der Waals surface area contributed by atoms with Gasteiger partial charge in [-0.1, -0.05) is 38.5 Å². The lowest BCUT2D eigenvalue weighted by Gasteiger charge is -2.25. The first-order valence-electron chi connectivity index (χ1n) is 9.62. The molecule has 6 nitrogen and oxygen atoms in total. The number of benzene rings is 1. The molecule has 3 aliphatic heterocycles. The monoisotopic (exact) mass is 356 g/mol. The summed E-state index contributed by atoms with van der Waals surface area (Å²) in [7, 11) is 0. The number of nitrogens with zero attached hydrogens (tertiary/aromatic N) is 1. The molecule has 0 unspecified atom stereocenters. The van der Waals surface area contributed by atoms with E-state index in [1.165, 1.54) is 4.90 Å². The van der Waals surface area contributed by atoms with E-state index in [4.69, 9.17) is 0 Å². The van der Waals surface area contributed by atoms with Crippen molar-refractivity contribution in [1.82, 2.24) is 4.90 Å². The van der Waals surface area contributed by atoms with Crippen LogP contribution >= 0.6 is 0 Å². The Kier molecular flexibility index (Phi) is 3.91. The molecule has 2 fully saturated rings. The minimum atomic E-state index is -1.02. The Bertz CT molecular complexity index is 805. The molecule has 0 radical (unpaired) electrons. The Balaban J connectivity index is 1.83. The molecule has 2 saturated heterocycles. The summed E-state index contributed by atoms with van der Waals surface area (Å²) in [5.74, 6) is -1.50. The maximum Gasteiger partial charge on any atom is 0.291 e. The van der Waals surface area contributed by atoms with E-state index in [1.54, 1.807) is 0 Å². The van der Waals surface area contributed by atoms with Gasteiger partial charge in [0.25, 0.3) is 5.91 Å². The Morgan fingerprint density at radius 2 is 1.96 bits per heavy atom. The van der Waals surface area contributed by atoms with Gasteiger partial charge in [0.15, 0.2) is 0 Å². The van der Waals surface area contributed by atoms with Gasteiger partial charge in [0.1, 0.15) is 11.8 Å². The van der Waals surface area contributed by atoms with Crippen molar-refractivity contribution in [2.24, 2.45) is 11.8 Å². The Labute approximate surface area is 153 Å². The molecule has 26 heavy (non-hydrogen) atoms. The number of carbonyl (C=O) groups is 3. The SMILES string of the molecule is CCCCN1C(=O)[C@@H]2[C@H](C)[NH2+][C@]3(C(=O)Nc4c(CC)cccc43)[C@@H]2C1=O. The third kappa shape index (κ3) is 1.99. The van der Waals surface area contributed by atoms with Crippen LogP contribution in [0.2, 0.25) is 0 Å². The minimum Gasteiger partial charge on any atom is -0.326 e. The van der Waals surface area contributed by atoms with E-state index < -0.39 is 17.4 Å². The number of nitrogens with one attached hydrogen (secondary N) is 1. The van der Waals surface area contributed by atoms with Crippen molar-refractivity contribution in [2.45, 2.75) is 51.6 Å². The lowest BCUT2D eigenvalue weighted by molar-refractivity contribution is -0.730. The smallest absolute Gasteiger partial charge is 0.291 e. The average Bonchev–Trinajstić information content (AvgIpc) is 3.18. The van der Waals surface area contributed by atoms with Crippen molar-refractivity contribution in [3.05, 3.63) is 29.3 Å². The quantitative estimate of drug-likeness (QED) is 0.782. The van der Waals surface area contributed by atoms with Crippen molar-refractivity contribution >= 4 is 23.4 Å². The summed E-state index contributed by atoms with van der Waals surface area (Å²) in [6.07, 6.45) is 2.52. The summed E-state index contributed by atoms with van der Waals surface area (Å²) in [5, 5.41) is 4.98. The van der Waals surface area contributed by atoms with Gasteiger partial charge in [0.2, 0.25) is 17.4 Å². The number of fused-ring (bicyclic) bond motifs is 4. The molecule has 4 rings (SSSR count). The molecule has 1 spiro atoms. The number of likely N-dealkylation sites (tertiary alicyclic amines) is 1. The van der Waals surface area contributed by atoms with Crippen LogP contribution in [0.4, 0.5) is 5.69 Å². The molecule has 3 amide bonds. The molecule has 0 aromatic heterocycles. The number of anilines is 1. The molecule has 6 heteroatoms. The lowest BCUT2D eigenvalue weighted by atomic mass is 9.76. The fourth-order valence-corrected chi connectivity index (χ4v) is 5.12. The second-order valence-corrected chi connectivity index (χ2v) is 7.73. The largest absolute Gasteiger partial charge is 0.326 e. The van der Waals surface area contributed by atoms with Gasteiger partial charge < -0.3 is 10.6 Å². The second kappa shape index (κ2) is 5.91. The maximum absolute atomic E-state index is 13.2. The van der Waals surface area contributed by atoms with Crippen LogP contribution in [0.25, 0.3) is 0 Å². The van der Waals surface area contributed by atoms with Gasteiger partial charge in [-0.2, -0.15) is 0 Å². The van der Waals surface area contributed by atoms with E-state index in [-0.39, 0.29) is 23.8 Å². The van der Waals surface area contributed by atoms with Gasteiger partial charge in [-0.25, -0.2) is 0 Å². The lowest BCUT2D eigenvalue weighted by Crippen LogP contribution is -2.98. The number of amides is 3. The van der Waals surface area contributed by atoms with Gasteiger partial charge in [-0.05, 0) is 25.3 Å². The Hall–Kier alpha value is -2.21. The zero-order valence-electron chi connectivity index (χ0n) is 15.5. The number of hydrogen-bond donors (Lipinski definition) is 2. The third-order valence-electron chi connectivity index (χ3n) is 6.35. The Morgan fingerprint density at radius 1 is 1.19 bits per heavy atom. The number of unbranched alkanes of at least 4 members (excludes halogenated alkanes) is 1. The number of carbonyl (C=O) groups excluding carboxylic acids is 3. The highest BCUT2D eigenvalue weighted by Crippen LogP contribution is 2.49. The highest BCUT2D eigenvalue weighted by Gasteiger charge is 2.73. The summed E-state index contributed by atoms with van der Waals surface area (Å²) < 4.78 is 0. The summed E-state index contributed by atoms with van der Waals surface area (Å²) >= 11 is 0. The summed E-state index contributed by atoms with van der Waals surface area (Å²) in [6, 6.07) is 5.78. The van der Waals surface area contributed by atoms with Crippen LogP contribution in [0, 0.1) is 11.8 Å². The first kappa shape index (κ1) is 17.2. The van der Waals surface area contributed by atoms with Crippen LogP contribution in [0.15, 0.2) is 18.2 Å². The number of para-hydroxylation sites is 1. The van der Waals surface area contributed by atoms with E-state index in [1.807, 2.05) is 44.3 Å². The second-order valence-electron chi connectivity index (χ2n) is 7.73. The predicted octanol–water partition coefficient (Wildman–Crippen LogP) is 0.763. The molecule has 3 N–H and O–H groups in total. The van der Waals surface area contributed by atoms with E-state index in [2.05, 4.69) is 5.32 Å². The number of aryl methyl sites for hydroxylation is 1. The fraction of sp³-hybridized carbons (Fsp3) is 0.550. The van der Waals surface area contributed by atoms with Crippen molar-refractivity contribution in [3.63, 3.8) is 0 Å². The van der Waals surface area contributed by atoms with Gasteiger partial charge in [-0.3, -0.25) is 19.3 Å². The van der Waals surface area contributed by atoms with E-state index >= 15 is 0 Å². The van der Waals surface area contributed by atoms with Gasteiger partial charge in [-0.15, -0.1) is 0 Å². The van der Waals surface area contributed by atoms with Crippen LogP contribution in [0.3, 0.4) is 0 Å². The molecular weight excluding hydrogens is 330 g/mol. The van der Waals surface area contributed by atoms with E-state index in [0.717, 1.165) is 36.1 Å². The van der Waals surface area contributed by atoms with Crippen LogP contribution < -0.4 is 10.6 Å². The number of quaternary nitrogens is 1. The molecule has 138 valence electrons. The van der Waals surface area contributed by atoms with Crippen LogP contribution in [-0.4, -0.2) is 35.2 Å². The molecule has 1 aromatic carbocycles. The van der Waals surface area contributed by atoms with Gasteiger partial charge >= 0.3 is 0 Å². The van der Waals surface area contributed by atoms with Crippen molar-refractivity contribution in [3.8, 4) is 0 Å². The third-order valence-corrected chi connectivity index (χ3v) is 6.35. The molecule has 4 atom stereocenters. The van der Waals surface area contributed by atoms with Crippen LogP contribution in [0.1, 0.15) is 44.7 Å². The predicted molar refractivity (Wildman–Crippen MR) is 96.1 cm³/mol. The first-order valence-corrected chi connectivity index (χ1v) is 9.62. The topological polar surface area (TPSA) is 83.1 Å². The summed E-state index contributed by atoms with van der Waals surface area (Å²) in [4.78, 5) is 40.7. The minimum absolute atomic E-state index is 0.106. The number of rotatable bonds is 4. The summed E-state index contributed by atoms with van der Waals surface area (Å²) in [5.41, 5.74) is 1.74. The zero-order chi connectivity index (χ0) is 18.6. The van der Waals surface area contributed by atoms with Crippen molar-refractivity contribution in [1.29, 1.82) is 0 Å². The molecular formula is C20H26N3O3+. The summed E-state index contributed by atoms with van der Waals surface area (Å²) in [6.45, 7) is 6.49. The average molecular weight is 356 g/mol. The Morgan fingerprint density at radius 3 is 2.65 bits per heavy atom. The molecule has 0 bridgehead atoms. The standard InChI is InChI=1S/C20H25N3O3/c1-4-6-10-23-17(24)14-11(3)22-20(15(14)18(23)25)13-9-7-8-12(5-2)16(13)21-19(20)26/h7-9,11,14-15,22H,4-6,10H2,1-3H3,(H,21,26)/p+1/t11-,14+,15-,20-/m0/s1. The molecule has 3 aliphatic rings. The molecule has 3 heterocycles. The number of nitrogens with two attached hydrogens (primary N) is 1. The number of imide groups is 1.